The number of benzene rings is 1. The highest BCUT2D eigenvalue weighted by Crippen LogP contribution is 2.15. The summed E-state index contributed by atoms with van der Waals surface area (Å²) in [6.45, 7) is 2.23. The van der Waals surface area contributed by atoms with Gasteiger partial charge in [-0.1, -0.05) is 11.6 Å². The molecule has 0 atom stereocenters. The Bertz CT molecular complexity index is 486. The van der Waals surface area contributed by atoms with Crippen LogP contribution in [0, 0.1) is 0 Å². The molecule has 1 aromatic rings. The third-order valence-corrected chi connectivity index (χ3v) is 3.13. The molecule has 0 amide bonds. The lowest BCUT2D eigenvalue weighted by atomic mass is 10.1. The number of rotatable bonds is 5. The molecule has 6 heteroatoms. The van der Waals surface area contributed by atoms with Crippen LogP contribution < -0.4 is 15.8 Å². The number of halogens is 1. The number of anilines is 1. The Kier molecular flexibility index (Phi) is 8.14. The highest BCUT2D eigenvalue weighted by Gasteiger charge is 2.03. The molecule has 1 aromatic carbocycles. The molecule has 5 nitrogen and oxygen atoms in total. The quantitative estimate of drug-likeness (QED) is 0.344. The second kappa shape index (κ2) is 9.62. The second-order valence-electron chi connectivity index (χ2n) is 4.56. The van der Waals surface area contributed by atoms with Crippen LogP contribution in [0.1, 0.15) is 12.8 Å². The van der Waals surface area contributed by atoms with Gasteiger partial charge in [0.25, 0.3) is 0 Å². The van der Waals surface area contributed by atoms with Gasteiger partial charge >= 0.3 is 0 Å². The number of nitrogens with zero attached hydrogens (tertiary/aromatic N) is 1. The fraction of sp³-hybridized carbons (Fsp3) is 0.400. The van der Waals surface area contributed by atoms with Gasteiger partial charge in [0.2, 0.25) is 0 Å². The van der Waals surface area contributed by atoms with Crippen LogP contribution in [0.25, 0.3) is 0 Å². The van der Waals surface area contributed by atoms with E-state index in [0.29, 0.717) is 12.5 Å². The molecule has 1 aliphatic rings. The van der Waals surface area contributed by atoms with E-state index in [1.165, 1.54) is 5.57 Å². The van der Waals surface area contributed by atoms with Gasteiger partial charge < -0.3 is 20.5 Å². The molecule has 21 heavy (non-hydrogen) atoms. The Morgan fingerprint density at radius 1 is 1.38 bits per heavy atom. The molecular formula is C15H22IN3O2. The fourth-order valence-electron chi connectivity index (χ4n) is 1.97. The van der Waals surface area contributed by atoms with Crippen molar-refractivity contribution in [2.24, 2.45) is 10.7 Å². The molecule has 0 aliphatic carbocycles. The largest absolute Gasteiger partial charge is 0.497 e. The molecule has 0 aromatic heterocycles. The maximum atomic E-state index is 5.86. The summed E-state index contributed by atoms with van der Waals surface area (Å²) in [5.74, 6) is 1.25. The number of ether oxygens (including phenoxy) is 2. The molecule has 0 fully saturated rings. The Balaban J connectivity index is 0.00000220. The number of hydrogen-bond acceptors (Lipinski definition) is 3. The molecule has 1 heterocycles. The van der Waals surface area contributed by atoms with E-state index in [-0.39, 0.29) is 24.0 Å². The van der Waals surface area contributed by atoms with Gasteiger partial charge in [0.05, 0.1) is 20.3 Å². The summed E-state index contributed by atoms with van der Waals surface area (Å²) < 4.78 is 10.4. The van der Waals surface area contributed by atoms with Crippen molar-refractivity contribution in [2.45, 2.75) is 12.8 Å². The predicted molar refractivity (Wildman–Crippen MR) is 96.7 cm³/mol. The molecule has 0 radical (unpaired) electrons. The molecule has 0 spiro atoms. The van der Waals surface area contributed by atoms with Gasteiger partial charge in [0, 0.05) is 12.2 Å². The Labute approximate surface area is 142 Å². The lowest BCUT2D eigenvalue weighted by molar-refractivity contribution is 0.153. The summed E-state index contributed by atoms with van der Waals surface area (Å²) in [5, 5.41) is 3.06. The van der Waals surface area contributed by atoms with E-state index in [1.807, 2.05) is 24.3 Å². The van der Waals surface area contributed by atoms with Crippen LogP contribution in [0.4, 0.5) is 5.69 Å². The third-order valence-electron chi connectivity index (χ3n) is 3.13. The smallest absolute Gasteiger partial charge is 0.193 e. The molecular weight excluding hydrogens is 381 g/mol. The molecule has 0 unspecified atom stereocenters. The first kappa shape index (κ1) is 17.8. The molecule has 0 saturated carbocycles. The van der Waals surface area contributed by atoms with E-state index >= 15 is 0 Å². The van der Waals surface area contributed by atoms with E-state index < -0.39 is 0 Å². The number of guanidine groups is 1. The van der Waals surface area contributed by atoms with Crippen molar-refractivity contribution in [1.82, 2.24) is 0 Å². The number of nitrogens with two attached hydrogens (primary N) is 1. The van der Waals surface area contributed by atoms with Gasteiger partial charge in [-0.25, -0.2) is 0 Å². The van der Waals surface area contributed by atoms with Crippen molar-refractivity contribution in [3.05, 3.63) is 35.9 Å². The van der Waals surface area contributed by atoms with Crippen LogP contribution in [0.15, 0.2) is 40.9 Å². The number of nitrogens with one attached hydrogen (secondary N) is 1. The van der Waals surface area contributed by atoms with Crippen molar-refractivity contribution in [3.63, 3.8) is 0 Å². The van der Waals surface area contributed by atoms with Crippen LogP contribution in [-0.4, -0.2) is 32.8 Å². The summed E-state index contributed by atoms with van der Waals surface area (Å²) in [4.78, 5) is 4.33. The minimum absolute atomic E-state index is 0. The molecule has 2 rings (SSSR count). The SMILES string of the molecule is COc1ccc(NC(N)=NCCC2=CCOCC2)cc1.I. The van der Waals surface area contributed by atoms with Gasteiger partial charge in [-0.2, -0.15) is 0 Å². The summed E-state index contributed by atoms with van der Waals surface area (Å²) in [5.41, 5.74) is 8.16. The maximum absolute atomic E-state index is 5.86. The van der Waals surface area contributed by atoms with E-state index in [9.17, 15) is 0 Å². The average molecular weight is 403 g/mol. The number of hydrogen-bond donors (Lipinski definition) is 2. The van der Waals surface area contributed by atoms with Gasteiger partial charge in [0.15, 0.2) is 5.96 Å². The van der Waals surface area contributed by atoms with Gasteiger partial charge in [-0.15, -0.1) is 24.0 Å². The Morgan fingerprint density at radius 3 is 2.76 bits per heavy atom. The summed E-state index contributed by atoms with van der Waals surface area (Å²) in [6.07, 6.45) is 4.07. The zero-order valence-corrected chi connectivity index (χ0v) is 14.5. The van der Waals surface area contributed by atoms with Gasteiger partial charge in [-0.3, -0.25) is 4.99 Å². The summed E-state index contributed by atoms with van der Waals surface area (Å²) >= 11 is 0. The van der Waals surface area contributed by atoms with Crippen molar-refractivity contribution in [2.75, 3.05) is 32.2 Å². The Morgan fingerprint density at radius 2 is 2.14 bits per heavy atom. The van der Waals surface area contributed by atoms with Crippen LogP contribution in [-0.2, 0) is 4.74 Å². The minimum Gasteiger partial charge on any atom is -0.497 e. The fourth-order valence-corrected chi connectivity index (χ4v) is 1.97. The normalized spacial score (nSPS) is 14.9. The molecule has 0 bridgehead atoms. The molecule has 0 saturated heterocycles. The zero-order valence-electron chi connectivity index (χ0n) is 12.2. The van der Waals surface area contributed by atoms with Crippen LogP contribution in [0.3, 0.4) is 0 Å². The van der Waals surface area contributed by atoms with E-state index in [0.717, 1.165) is 37.5 Å². The molecule has 116 valence electrons. The highest BCUT2D eigenvalue weighted by molar-refractivity contribution is 14.0. The monoisotopic (exact) mass is 403 g/mol. The molecule has 1 aliphatic heterocycles. The van der Waals surface area contributed by atoms with E-state index in [1.54, 1.807) is 7.11 Å². The van der Waals surface area contributed by atoms with E-state index in [2.05, 4.69) is 16.4 Å². The van der Waals surface area contributed by atoms with E-state index in [4.69, 9.17) is 15.2 Å². The van der Waals surface area contributed by atoms with Crippen molar-refractivity contribution < 1.29 is 9.47 Å². The number of methoxy groups -OCH3 is 1. The lowest BCUT2D eigenvalue weighted by Gasteiger charge is -2.12. The standard InChI is InChI=1S/C15H21N3O2.HI/c1-19-14-4-2-13(3-5-14)18-15(16)17-9-6-12-7-10-20-11-8-12;/h2-5,7H,6,8-11H2,1H3,(H3,16,17,18);1H. The van der Waals surface area contributed by atoms with Crippen molar-refractivity contribution in [3.8, 4) is 5.75 Å². The van der Waals surface area contributed by atoms with Crippen molar-refractivity contribution in [1.29, 1.82) is 0 Å². The summed E-state index contributed by atoms with van der Waals surface area (Å²) in [6, 6.07) is 7.56. The lowest BCUT2D eigenvalue weighted by Crippen LogP contribution is -2.22. The highest BCUT2D eigenvalue weighted by atomic mass is 127. The predicted octanol–water partition coefficient (Wildman–Crippen LogP) is 2.78. The molecule has 3 N–H and O–H groups in total. The zero-order chi connectivity index (χ0) is 14.2. The third kappa shape index (κ3) is 6.34. The first-order valence-electron chi connectivity index (χ1n) is 6.74. The number of aliphatic imine (C=N–C) groups is 1. The second-order valence-corrected chi connectivity index (χ2v) is 4.56. The maximum Gasteiger partial charge on any atom is 0.193 e. The van der Waals surface area contributed by atoms with Crippen LogP contribution in [0.2, 0.25) is 0 Å². The average Bonchev–Trinajstić information content (AvgIpc) is 2.49. The summed E-state index contributed by atoms with van der Waals surface area (Å²) in [7, 11) is 1.64. The van der Waals surface area contributed by atoms with Crippen LogP contribution >= 0.6 is 24.0 Å². The minimum atomic E-state index is 0. The Hall–Kier alpha value is -1.28. The topological polar surface area (TPSA) is 68.9 Å². The van der Waals surface area contributed by atoms with Gasteiger partial charge in [0.1, 0.15) is 5.75 Å². The first-order chi connectivity index (χ1) is 9.78. The van der Waals surface area contributed by atoms with Gasteiger partial charge in [-0.05, 0) is 37.1 Å². The van der Waals surface area contributed by atoms with Crippen LogP contribution in [0.5, 0.6) is 5.75 Å². The first-order valence-corrected chi connectivity index (χ1v) is 6.74. The van der Waals surface area contributed by atoms with Crippen molar-refractivity contribution >= 4 is 35.6 Å².